The Morgan fingerprint density at radius 3 is 2.45 bits per heavy atom. The number of nitrogens with zero attached hydrogens (tertiary/aromatic N) is 2. The number of hydrogen-bond donors (Lipinski definition) is 1. The Morgan fingerprint density at radius 2 is 1.91 bits per heavy atom. The van der Waals surface area contributed by atoms with E-state index in [0.29, 0.717) is 5.56 Å². The quantitative estimate of drug-likeness (QED) is 0.916. The van der Waals surface area contributed by atoms with E-state index in [0.717, 1.165) is 17.8 Å². The summed E-state index contributed by atoms with van der Waals surface area (Å²) in [5.41, 5.74) is 2.14. The van der Waals surface area contributed by atoms with Crippen LogP contribution < -0.4 is 5.32 Å². The van der Waals surface area contributed by atoms with Gasteiger partial charge in [0.2, 0.25) is 0 Å². The third-order valence-corrected chi connectivity index (χ3v) is 3.66. The Kier molecular flexibility index (Phi) is 4.96. The van der Waals surface area contributed by atoms with E-state index in [2.05, 4.69) is 10.4 Å². The van der Waals surface area contributed by atoms with Crippen molar-refractivity contribution in [2.24, 2.45) is 0 Å². The van der Waals surface area contributed by atoms with Crippen molar-refractivity contribution in [3.63, 3.8) is 0 Å². The fourth-order valence-electron chi connectivity index (χ4n) is 2.28. The van der Waals surface area contributed by atoms with Crippen LogP contribution in [0.15, 0.2) is 30.5 Å². The molecule has 22 heavy (non-hydrogen) atoms. The average Bonchev–Trinajstić information content (AvgIpc) is 2.93. The molecule has 0 radical (unpaired) electrons. The van der Waals surface area contributed by atoms with Gasteiger partial charge in [-0.2, -0.15) is 5.10 Å². The Hall–Kier alpha value is -2.17. The maximum absolute atomic E-state index is 13.1. The lowest BCUT2D eigenvalue weighted by atomic mass is 10.0. The van der Waals surface area contributed by atoms with Crippen molar-refractivity contribution < 1.29 is 9.18 Å². The first-order valence-corrected chi connectivity index (χ1v) is 7.58. The largest absolute Gasteiger partial charge is 0.349 e. The van der Waals surface area contributed by atoms with E-state index in [9.17, 15) is 9.18 Å². The van der Waals surface area contributed by atoms with Crippen LogP contribution in [-0.2, 0) is 0 Å². The van der Waals surface area contributed by atoms with E-state index in [1.807, 2.05) is 27.7 Å². The fourth-order valence-corrected chi connectivity index (χ4v) is 2.28. The molecule has 1 atom stereocenters. The minimum absolute atomic E-state index is 0.113. The molecular weight excluding hydrogens is 281 g/mol. The van der Waals surface area contributed by atoms with Gasteiger partial charge in [-0.3, -0.25) is 4.79 Å². The van der Waals surface area contributed by atoms with Gasteiger partial charge in [0.1, 0.15) is 5.82 Å². The fraction of sp³-hybridized carbons (Fsp3) is 0.412. The van der Waals surface area contributed by atoms with E-state index < -0.39 is 0 Å². The molecule has 0 saturated heterocycles. The first kappa shape index (κ1) is 16.2. The highest BCUT2D eigenvalue weighted by Gasteiger charge is 2.21. The summed E-state index contributed by atoms with van der Waals surface area (Å²) in [4.78, 5) is 12.4. The summed E-state index contributed by atoms with van der Waals surface area (Å²) in [6.07, 6.45) is 2.45. The number of hydrogen-bond acceptors (Lipinski definition) is 2. The van der Waals surface area contributed by atoms with Crippen molar-refractivity contribution >= 4 is 5.91 Å². The van der Waals surface area contributed by atoms with E-state index >= 15 is 0 Å². The van der Waals surface area contributed by atoms with Crippen LogP contribution >= 0.6 is 0 Å². The monoisotopic (exact) mass is 303 g/mol. The number of carbonyl (C=O) groups is 1. The van der Waals surface area contributed by atoms with Crippen molar-refractivity contribution in [1.29, 1.82) is 0 Å². The van der Waals surface area contributed by atoms with Gasteiger partial charge in [0.05, 0.1) is 23.1 Å². The molecule has 1 aromatic carbocycles. The second kappa shape index (κ2) is 6.73. The number of halogens is 1. The van der Waals surface area contributed by atoms with Crippen LogP contribution in [0.4, 0.5) is 4.39 Å². The van der Waals surface area contributed by atoms with Crippen molar-refractivity contribution in [3.8, 4) is 5.69 Å². The highest BCUT2D eigenvalue weighted by atomic mass is 19.1. The average molecular weight is 303 g/mol. The Morgan fingerprint density at radius 1 is 1.27 bits per heavy atom. The minimum Gasteiger partial charge on any atom is -0.349 e. The summed E-state index contributed by atoms with van der Waals surface area (Å²) >= 11 is 0. The van der Waals surface area contributed by atoms with Gasteiger partial charge in [-0.05, 0) is 43.5 Å². The standard InChI is InChI=1S/C17H22FN3O/c1-5-12(4)20-17(22)15-10-19-21(16(15)11(2)3)14-8-6-13(18)7-9-14/h6-12H,5H2,1-4H3,(H,20,22). The van der Waals surface area contributed by atoms with Crippen LogP contribution in [-0.4, -0.2) is 21.7 Å². The Balaban J connectivity index is 2.41. The van der Waals surface area contributed by atoms with E-state index in [-0.39, 0.29) is 23.7 Å². The molecule has 0 aliphatic heterocycles. The minimum atomic E-state index is -0.295. The lowest BCUT2D eigenvalue weighted by Crippen LogP contribution is -2.32. The lowest BCUT2D eigenvalue weighted by molar-refractivity contribution is 0.0938. The van der Waals surface area contributed by atoms with Crippen LogP contribution in [0.2, 0.25) is 0 Å². The summed E-state index contributed by atoms with van der Waals surface area (Å²) in [6, 6.07) is 6.21. The smallest absolute Gasteiger partial charge is 0.254 e. The van der Waals surface area contributed by atoms with E-state index in [1.54, 1.807) is 23.0 Å². The molecule has 0 spiro atoms. The summed E-state index contributed by atoms with van der Waals surface area (Å²) in [7, 11) is 0. The van der Waals surface area contributed by atoms with Crippen molar-refractivity contribution in [3.05, 3.63) is 47.5 Å². The van der Waals surface area contributed by atoms with Crippen LogP contribution in [0.1, 0.15) is 56.1 Å². The predicted octanol–water partition coefficient (Wildman–Crippen LogP) is 3.66. The molecule has 1 heterocycles. The summed E-state index contributed by atoms with van der Waals surface area (Å²) < 4.78 is 14.8. The van der Waals surface area contributed by atoms with Gasteiger partial charge in [0.25, 0.3) is 5.91 Å². The van der Waals surface area contributed by atoms with E-state index in [1.165, 1.54) is 12.1 Å². The van der Waals surface area contributed by atoms with Gasteiger partial charge in [-0.25, -0.2) is 9.07 Å². The lowest BCUT2D eigenvalue weighted by Gasteiger charge is -2.15. The number of nitrogens with one attached hydrogen (secondary N) is 1. The molecule has 1 N–H and O–H groups in total. The Bertz CT molecular complexity index is 646. The van der Waals surface area contributed by atoms with Crippen LogP contribution in [0, 0.1) is 5.82 Å². The van der Waals surface area contributed by atoms with Crippen molar-refractivity contribution in [2.75, 3.05) is 0 Å². The molecule has 5 heteroatoms. The topological polar surface area (TPSA) is 46.9 Å². The normalized spacial score (nSPS) is 12.5. The summed E-state index contributed by atoms with van der Waals surface area (Å²) in [5, 5.41) is 7.29. The second-order valence-electron chi connectivity index (χ2n) is 5.77. The van der Waals surface area contributed by atoms with E-state index in [4.69, 9.17) is 0 Å². The Labute approximate surface area is 130 Å². The van der Waals surface area contributed by atoms with Crippen LogP contribution in [0.25, 0.3) is 5.69 Å². The number of rotatable bonds is 5. The third kappa shape index (κ3) is 3.35. The zero-order chi connectivity index (χ0) is 16.3. The van der Waals surface area contributed by atoms with Gasteiger partial charge in [-0.1, -0.05) is 20.8 Å². The van der Waals surface area contributed by atoms with Crippen LogP contribution in [0.3, 0.4) is 0 Å². The third-order valence-electron chi connectivity index (χ3n) is 3.66. The zero-order valence-corrected chi connectivity index (χ0v) is 13.4. The van der Waals surface area contributed by atoms with Gasteiger partial charge in [0, 0.05) is 6.04 Å². The highest BCUT2D eigenvalue weighted by Crippen LogP contribution is 2.23. The van der Waals surface area contributed by atoms with Gasteiger partial charge in [0.15, 0.2) is 0 Å². The summed E-state index contributed by atoms with van der Waals surface area (Å²) in [6.45, 7) is 8.02. The highest BCUT2D eigenvalue weighted by molar-refractivity contribution is 5.95. The van der Waals surface area contributed by atoms with Gasteiger partial charge in [-0.15, -0.1) is 0 Å². The van der Waals surface area contributed by atoms with Crippen molar-refractivity contribution in [2.45, 2.75) is 46.1 Å². The molecule has 1 amide bonds. The molecule has 118 valence electrons. The maximum atomic E-state index is 13.1. The molecule has 2 aromatic rings. The molecule has 1 unspecified atom stereocenters. The molecule has 0 aliphatic carbocycles. The molecule has 1 aromatic heterocycles. The second-order valence-corrected chi connectivity index (χ2v) is 5.77. The number of benzene rings is 1. The molecule has 2 rings (SSSR count). The zero-order valence-electron chi connectivity index (χ0n) is 13.4. The first-order valence-electron chi connectivity index (χ1n) is 7.58. The van der Waals surface area contributed by atoms with Gasteiger partial charge >= 0.3 is 0 Å². The molecule has 0 aliphatic rings. The van der Waals surface area contributed by atoms with Crippen LogP contribution in [0.5, 0.6) is 0 Å². The molecular formula is C17H22FN3O. The molecule has 0 bridgehead atoms. The molecule has 0 saturated carbocycles. The molecule has 4 nitrogen and oxygen atoms in total. The number of amides is 1. The predicted molar refractivity (Wildman–Crippen MR) is 84.8 cm³/mol. The number of aromatic nitrogens is 2. The first-order chi connectivity index (χ1) is 10.4. The van der Waals surface area contributed by atoms with Gasteiger partial charge < -0.3 is 5.32 Å². The SMILES string of the molecule is CCC(C)NC(=O)c1cnn(-c2ccc(F)cc2)c1C(C)C. The maximum Gasteiger partial charge on any atom is 0.254 e. The van der Waals surface area contributed by atoms with Crippen molar-refractivity contribution in [1.82, 2.24) is 15.1 Å². The number of carbonyl (C=O) groups excluding carboxylic acids is 1. The summed E-state index contributed by atoms with van der Waals surface area (Å²) in [5.74, 6) is -0.298. The molecule has 0 fully saturated rings.